The minimum Gasteiger partial charge on any atom is -0.808 e. The second-order valence-corrected chi connectivity index (χ2v) is 5.86. The van der Waals surface area contributed by atoms with E-state index in [-0.39, 0.29) is 59.1 Å². The molecular weight excluding hydrogens is 263 g/mol. The van der Waals surface area contributed by atoms with Gasteiger partial charge in [0.25, 0.3) is 0 Å². The molecule has 3 N–H and O–H groups in total. The first-order chi connectivity index (χ1) is 5.06. The molecule has 74 valence electrons. The van der Waals surface area contributed by atoms with Crippen LogP contribution >= 0.6 is 15.2 Å². The standard InChI is InChI=1S/C2H7FO7P2.2Na/c3-1-2(4,11(5,6)7)12(8,9)10;;/h4H,1H2,(H2,5,6,7)(H2,8,9,10);;/q;2*+1/p-2. The predicted molar refractivity (Wildman–Crippen MR) is 30.6 cm³/mol. The molecule has 0 aromatic rings. The maximum atomic E-state index is 11.7. The van der Waals surface area contributed by atoms with Gasteiger partial charge in [0.1, 0.15) is 6.67 Å². The summed E-state index contributed by atoms with van der Waals surface area (Å²) in [6.07, 6.45) is 0. The second kappa shape index (κ2) is 6.81. The van der Waals surface area contributed by atoms with Crippen molar-refractivity contribution in [1.82, 2.24) is 0 Å². The smallest absolute Gasteiger partial charge is 0.808 e. The largest absolute Gasteiger partial charge is 1.00 e. The van der Waals surface area contributed by atoms with Gasteiger partial charge in [-0.2, -0.15) is 0 Å². The minimum absolute atomic E-state index is 0. The summed E-state index contributed by atoms with van der Waals surface area (Å²) in [5.74, 6) is 0. The third kappa shape index (κ3) is 4.59. The van der Waals surface area contributed by atoms with E-state index in [2.05, 4.69) is 0 Å². The molecule has 1 unspecified atom stereocenters. The van der Waals surface area contributed by atoms with Crippen LogP contribution in [0.3, 0.4) is 0 Å². The van der Waals surface area contributed by atoms with Crippen molar-refractivity contribution < 1.29 is 97.3 Å². The molecule has 7 nitrogen and oxygen atoms in total. The summed E-state index contributed by atoms with van der Waals surface area (Å²) in [4.78, 5) is 36.3. The molecule has 1 atom stereocenters. The zero-order valence-corrected chi connectivity index (χ0v) is 13.2. The first-order valence-electron chi connectivity index (χ1n) is 2.42. The summed E-state index contributed by atoms with van der Waals surface area (Å²) in [7, 11) is -11.8. The number of alkyl halides is 1. The van der Waals surface area contributed by atoms with Crippen LogP contribution in [0.5, 0.6) is 0 Å². The molecule has 12 heteroatoms. The Morgan fingerprint density at radius 3 is 1.50 bits per heavy atom. The van der Waals surface area contributed by atoms with E-state index in [0.717, 1.165) is 0 Å². The Hall–Kier alpha value is 2.19. The average molecular weight is 268 g/mol. The van der Waals surface area contributed by atoms with E-state index in [4.69, 9.17) is 14.9 Å². The third-order valence-corrected chi connectivity index (χ3v) is 4.65. The fraction of sp³-hybridized carbons (Fsp3) is 1.00. The van der Waals surface area contributed by atoms with Crippen LogP contribution in [0.2, 0.25) is 0 Å². The number of halogens is 1. The Kier molecular flexibility index (Phi) is 10.4. The molecule has 0 bridgehead atoms. The van der Waals surface area contributed by atoms with Crippen molar-refractivity contribution in [2.75, 3.05) is 6.67 Å². The monoisotopic (exact) mass is 268 g/mol. The van der Waals surface area contributed by atoms with Gasteiger partial charge in [-0.05, 0) is 7.60 Å². The van der Waals surface area contributed by atoms with E-state index >= 15 is 0 Å². The molecule has 0 aliphatic heterocycles. The van der Waals surface area contributed by atoms with Crippen LogP contribution in [0.4, 0.5) is 4.39 Å². The Morgan fingerprint density at radius 1 is 1.21 bits per heavy atom. The summed E-state index contributed by atoms with van der Waals surface area (Å²) in [5, 5.41) is 4.33. The number of rotatable bonds is 3. The Balaban J connectivity index is -0.000000605. The molecule has 0 heterocycles. The van der Waals surface area contributed by atoms with E-state index in [9.17, 15) is 23.3 Å². The van der Waals surface area contributed by atoms with Crippen molar-refractivity contribution in [1.29, 1.82) is 0 Å². The van der Waals surface area contributed by atoms with Crippen LogP contribution in [0.1, 0.15) is 0 Å². The van der Waals surface area contributed by atoms with Crippen LogP contribution < -0.4 is 68.9 Å². The predicted octanol–water partition coefficient (Wildman–Crippen LogP) is -8.30. The Labute approximate surface area is 123 Å². The van der Waals surface area contributed by atoms with Gasteiger partial charge in [0.15, 0.2) is 0 Å². The van der Waals surface area contributed by atoms with Gasteiger partial charge in [-0.15, -0.1) is 0 Å². The van der Waals surface area contributed by atoms with Crippen molar-refractivity contribution in [3.8, 4) is 0 Å². The molecule has 0 saturated carbocycles. The number of hydrogen-bond acceptors (Lipinski definition) is 5. The van der Waals surface area contributed by atoms with Crippen LogP contribution in [0.15, 0.2) is 0 Å². The van der Waals surface area contributed by atoms with Gasteiger partial charge < -0.3 is 29.2 Å². The van der Waals surface area contributed by atoms with Gasteiger partial charge in [0.2, 0.25) is 5.08 Å². The number of hydrogen-bond donors (Lipinski definition) is 3. The summed E-state index contributed by atoms with van der Waals surface area (Å²) in [5.41, 5.74) is 0. The van der Waals surface area contributed by atoms with Gasteiger partial charge >= 0.3 is 66.7 Å². The molecule has 0 aliphatic carbocycles. The van der Waals surface area contributed by atoms with Gasteiger partial charge in [-0.25, -0.2) is 4.39 Å². The zero-order chi connectivity index (χ0) is 10.2. The average Bonchev–Trinajstić information content (AvgIpc) is 1.81. The summed E-state index contributed by atoms with van der Waals surface area (Å²) < 4.78 is 31.9. The van der Waals surface area contributed by atoms with Crippen molar-refractivity contribution in [2.24, 2.45) is 0 Å². The van der Waals surface area contributed by atoms with Gasteiger partial charge in [0.05, 0.1) is 0 Å². The van der Waals surface area contributed by atoms with Crippen LogP contribution in [0.25, 0.3) is 0 Å². The van der Waals surface area contributed by atoms with Crippen LogP contribution in [-0.2, 0) is 9.13 Å². The van der Waals surface area contributed by atoms with Gasteiger partial charge in [0, 0.05) is 0 Å². The van der Waals surface area contributed by atoms with Gasteiger partial charge in [-0.1, -0.05) is 0 Å². The van der Waals surface area contributed by atoms with Crippen LogP contribution in [-0.4, -0.2) is 26.7 Å². The molecular formula is C2H5FNa2O7P2. The molecule has 0 aliphatic rings. The molecule has 0 aromatic heterocycles. The Morgan fingerprint density at radius 2 is 1.50 bits per heavy atom. The quantitative estimate of drug-likeness (QED) is 0.341. The molecule has 0 rings (SSSR count). The Bertz CT molecular complexity index is 236. The molecule has 0 spiro atoms. The first kappa shape index (κ1) is 21.5. The van der Waals surface area contributed by atoms with Crippen LogP contribution in [0, 0.1) is 0 Å². The van der Waals surface area contributed by atoms with Gasteiger partial charge in [-0.3, -0.25) is 4.57 Å². The van der Waals surface area contributed by atoms with Crippen molar-refractivity contribution in [3.63, 3.8) is 0 Å². The third-order valence-electron chi connectivity index (χ3n) is 1.08. The molecule has 0 fully saturated rings. The summed E-state index contributed by atoms with van der Waals surface area (Å²) in [6.45, 7) is -2.35. The van der Waals surface area contributed by atoms with Crippen molar-refractivity contribution in [3.05, 3.63) is 0 Å². The topological polar surface area (TPSA) is 141 Å². The molecule has 0 radical (unpaired) electrons. The second-order valence-electron chi connectivity index (χ2n) is 1.95. The fourth-order valence-corrected chi connectivity index (χ4v) is 1.89. The summed E-state index contributed by atoms with van der Waals surface area (Å²) >= 11 is 0. The number of aliphatic hydroxyl groups is 1. The maximum Gasteiger partial charge on any atom is 1.00 e. The van der Waals surface area contributed by atoms with E-state index in [0.29, 0.717) is 0 Å². The normalized spacial score (nSPS) is 16.1. The molecule has 0 amide bonds. The minimum atomic E-state index is -6.09. The van der Waals surface area contributed by atoms with E-state index in [1.807, 2.05) is 0 Å². The van der Waals surface area contributed by atoms with E-state index in [1.54, 1.807) is 0 Å². The first-order valence-corrected chi connectivity index (χ1v) is 5.58. The summed E-state index contributed by atoms with van der Waals surface area (Å²) in [6, 6.07) is 0. The molecule has 14 heavy (non-hydrogen) atoms. The molecule has 0 saturated heterocycles. The molecule has 0 aromatic carbocycles. The zero-order valence-electron chi connectivity index (χ0n) is 7.45. The maximum absolute atomic E-state index is 11.7. The SMILES string of the molecule is O=P([O-])([O-])C(O)(CF)P(=O)(O)O.[Na+].[Na+]. The van der Waals surface area contributed by atoms with Crippen molar-refractivity contribution >= 4 is 15.2 Å². The van der Waals surface area contributed by atoms with E-state index < -0.39 is 26.9 Å². The fourth-order valence-electron chi connectivity index (χ4n) is 0.311. The van der Waals surface area contributed by atoms with E-state index in [1.165, 1.54) is 0 Å². The van der Waals surface area contributed by atoms with Crippen molar-refractivity contribution in [2.45, 2.75) is 5.08 Å².